The Morgan fingerprint density at radius 1 is 0.659 bits per heavy atom. The molecule has 0 aliphatic carbocycles. The minimum atomic E-state index is -1.13. The smallest absolute Gasteiger partial charge is 0.325 e. The van der Waals surface area contributed by atoms with Crippen LogP contribution in [0.3, 0.4) is 0 Å². The van der Waals surface area contributed by atoms with E-state index in [1.54, 1.807) is 18.2 Å². The molecule has 9 nitrogen and oxygen atoms in total. The highest BCUT2D eigenvalue weighted by molar-refractivity contribution is 5.98. The number of hydrogen-bond acceptors (Lipinski definition) is 7. The summed E-state index contributed by atoms with van der Waals surface area (Å²) in [7, 11) is 2.38. The number of hydroxylamine groups is 1. The molecule has 0 unspecified atom stereocenters. The van der Waals surface area contributed by atoms with E-state index in [2.05, 4.69) is 15.0 Å². The third-order valence-electron chi connectivity index (χ3n) is 6.81. The van der Waals surface area contributed by atoms with Crippen LogP contribution in [0.15, 0.2) is 121 Å². The zero-order chi connectivity index (χ0) is 31.4. The van der Waals surface area contributed by atoms with Gasteiger partial charge in [0.05, 0.1) is 14.2 Å². The Hall–Kier alpha value is -5.54. The molecule has 4 aromatic rings. The first-order valence-corrected chi connectivity index (χ1v) is 13.7. The third-order valence-corrected chi connectivity index (χ3v) is 6.81. The number of ether oxygens (including phenoxy) is 2. The van der Waals surface area contributed by atoms with Crippen LogP contribution in [-0.4, -0.2) is 56.0 Å². The molecule has 0 heterocycles. The molecule has 0 bridgehead atoms. The van der Waals surface area contributed by atoms with Gasteiger partial charge in [-0.05, 0) is 40.5 Å². The van der Waals surface area contributed by atoms with Crippen LogP contribution in [0.5, 0.6) is 0 Å². The van der Waals surface area contributed by atoms with Gasteiger partial charge < -0.3 is 14.4 Å². The van der Waals surface area contributed by atoms with Gasteiger partial charge in [-0.15, -0.1) is 0 Å². The average molecular weight is 593 g/mol. The van der Waals surface area contributed by atoms with Gasteiger partial charge in [0.2, 0.25) is 0 Å². The normalized spacial score (nSPS) is 11.0. The van der Waals surface area contributed by atoms with Gasteiger partial charge in [-0.2, -0.15) is 0 Å². The number of methoxy groups -OCH3 is 2. The number of nitrogens with zero attached hydrogens (tertiary/aromatic N) is 1. The maximum absolute atomic E-state index is 13.0. The molecule has 4 rings (SSSR count). The van der Waals surface area contributed by atoms with E-state index in [-0.39, 0.29) is 5.56 Å². The number of amides is 2. The van der Waals surface area contributed by atoms with Gasteiger partial charge in [0, 0.05) is 11.6 Å². The molecular weight excluding hydrogens is 560 g/mol. The predicted octanol–water partition coefficient (Wildman–Crippen LogP) is 4.53. The molecular formula is C35H32N2O7. The van der Waals surface area contributed by atoms with Crippen LogP contribution in [0.25, 0.3) is 6.08 Å². The SMILES string of the molecule is COC(=O)CN(CC(=O)OC)C(=O)c1ccc(/C=C/C(=O)NOC(c2ccccc2)(c2ccccc2)c2ccccc2)cc1. The first kappa shape index (κ1) is 31.4. The van der Waals surface area contributed by atoms with Crippen LogP contribution >= 0.6 is 0 Å². The Labute approximate surface area is 255 Å². The van der Waals surface area contributed by atoms with Crippen molar-refractivity contribution < 1.29 is 33.5 Å². The molecule has 2 amide bonds. The third kappa shape index (κ3) is 7.64. The minimum absolute atomic E-state index is 0.237. The molecule has 0 fully saturated rings. The monoisotopic (exact) mass is 592 g/mol. The fraction of sp³-hybridized carbons (Fsp3) is 0.143. The molecule has 0 saturated heterocycles. The largest absolute Gasteiger partial charge is 0.468 e. The summed E-state index contributed by atoms with van der Waals surface area (Å²) in [4.78, 5) is 56.9. The number of rotatable bonds is 12. The molecule has 0 atom stereocenters. The highest BCUT2D eigenvalue weighted by Gasteiger charge is 2.39. The van der Waals surface area contributed by atoms with Gasteiger partial charge in [0.25, 0.3) is 11.8 Å². The summed E-state index contributed by atoms with van der Waals surface area (Å²) in [6.45, 7) is -0.828. The second kappa shape index (κ2) is 15.1. The Bertz CT molecular complexity index is 1470. The summed E-state index contributed by atoms with van der Waals surface area (Å²) >= 11 is 0. The predicted molar refractivity (Wildman–Crippen MR) is 164 cm³/mol. The molecule has 44 heavy (non-hydrogen) atoms. The van der Waals surface area contributed by atoms with Crippen molar-refractivity contribution in [2.45, 2.75) is 5.60 Å². The van der Waals surface area contributed by atoms with Crippen molar-refractivity contribution in [2.75, 3.05) is 27.3 Å². The number of benzene rings is 4. The van der Waals surface area contributed by atoms with Crippen molar-refractivity contribution in [2.24, 2.45) is 0 Å². The van der Waals surface area contributed by atoms with E-state index in [9.17, 15) is 19.2 Å². The molecule has 0 saturated carbocycles. The van der Waals surface area contributed by atoms with E-state index in [1.807, 2.05) is 91.0 Å². The topological polar surface area (TPSA) is 111 Å². The van der Waals surface area contributed by atoms with E-state index < -0.39 is 42.4 Å². The maximum atomic E-state index is 13.0. The zero-order valence-corrected chi connectivity index (χ0v) is 24.3. The van der Waals surface area contributed by atoms with Crippen LogP contribution in [-0.2, 0) is 34.3 Å². The lowest BCUT2D eigenvalue weighted by Gasteiger charge is -2.34. The van der Waals surface area contributed by atoms with Gasteiger partial charge in [0.1, 0.15) is 13.1 Å². The molecule has 0 spiro atoms. The highest BCUT2D eigenvalue weighted by atomic mass is 16.7. The molecule has 1 N–H and O–H groups in total. The average Bonchev–Trinajstić information content (AvgIpc) is 3.08. The molecule has 4 aromatic carbocycles. The van der Waals surface area contributed by atoms with E-state index in [4.69, 9.17) is 4.84 Å². The van der Waals surface area contributed by atoms with Crippen LogP contribution in [0.1, 0.15) is 32.6 Å². The summed E-state index contributed by atoms with van der Waals surface area (Å²) in [5.41, 5.74) is 4.83. The van der Waals surface area contributed by atoms with Gasteiger partial charge >= 0.3 is 11.9 Å². The lowest BCUT2D eigenvalue weighted by atomic mass is 9.80. The Kier molecular flexibility index (Phi) is 10.8. The standard InChI is InChI=1S/C35H32N2O7/c1-42-32(39)24-37(25-33(40)43-2)34(41)27-21-18-26(19-22-27)20-23-31(38)36-44-35(28-12-6-3-7-13-28,29-14-8-4-9-15-29)30-16-10-5-11-17-30/h3-23H,24-25H2,1-2H3,(H,36,38)/b23-20+. The molecule has 0 aromatic heterocycles. The van der Waals surface area contributed by atoms with Crippen molar-refractivity contribution in [1.29, 1.82) is 0 Å². The van der Waals surface area contributed by atoms with Gasteiger partial charge in [-0.1, -0.05) is 103 Å². The second-order valence-electron chi connectivity index (χ2n) is 9.62. The first-order valence-electron chi connectivity index (χ1n) is 13.7. The van der Waals surface area contributed by atoms with Crippen LogP contribution in [0, 0.1) is 0 Å². The van der Waals surface area contributed by atoms with E-state index in [0.717, 1.165) is 21.6 Å². The van der Waals surface area contributed by atoms with Crippen molar-refractivity contribution in [3.8, 4) is 0 Å². The Morgan fingerprint density at radius 2 is 1.09 bits per heavy atom. The lowest BCUT2D eigenvalue weighted by Crippen LogP contribution is -2.40. The second-order valence-corrected chi connectivity index (χ2v) is 9.62. The number of carbonyl (C=O) groups is 4. The highest BCUT2D eigenvalue weighted by Crippen LogP contribution is 2.39. The number of esters is 2. The number of hydrogen-bond donors (Lipinski definition) is 1. The van der Waals surface area contributed by atoms with Crippen molar-refractivity contribution in [1.82, 2.24) is 10.4 Å². The van der Waals surface area contributed by atoms with Crippen molar-refractivity contribution >= 4 is 29.8 Å². The van der Waals surface area contributed by atoms with Crippen LogP contribution < -0.4 is 5.48 Å². The zero-order valence-electron chi connectivity index (χ0n) is 24.3. The molecule has 0 aliphatic heterocycles. The summed E-state index contributed by atoms with van der Waals surface area (Å²) in [6, 6.07) is 35.3. The molecule has 224 valence electrons. The Morgan fingerprint density at radius 3 is 1.50 bits per heavy atom. The van der Waals surface area contributed by atoms with Crippen molar-refractivity contribution in [3.63, 3.8) is 0 Å². The minimum Gasteiger partial charge on any atom is -0.468 e. The quantitative estimate of drug-likeness (QED) is 0.111. The summed E-state index contributed by atoms with van der Waals surface area (Å²) in [5, 5.41) is 0. The summed E-state index contributed by atoms with van der Waals surface area (Å²) in [6.07, 6.45) is 2.90. The van der Waals surface area contributed by atoms with Crippen LogP contribution in [0.2, 0.25) is 0 Å². The lowest BCUT2D eigenvalue weighted by molar-refractivity contribution is -0.144. The summed E-state index contributed by atoms with van der Waals surface area (Å²) < 4.78 is 9.26. The van der Waals surface area contributed by atoms with E-state index in [0.29, 0.717) is 5.56 Å². The number of nitrogens with one attached hydrogen (secondary N) is 1. The van der Waals surface area contributed by atoms with E-state index in [1.165, 1.54) is 32.4 Å². The van der Waals surface area contributed by atoms with Crippen molar-refractivity contribution in [3.05, 3.63) is 149 Å². The number of carbonyl (C=O) groups excluding carboxylic acids is 4. The fourth-order valence-electron chi connectivity index (χ4n) is 4.59. The van der Waals surface area contributed by atoms with Gasteiger partial charge in [-0.25, -0.2) is 5.48 Å². The molecule has 9 heteroatoms. The first-order chi connectivity index (χ1) is 21.4. The van der Waals surface area contributed by atoms with Gasteiger partial charge in [0.15, 0.2) is 5.60 Å². The fourth-order valence-corrected chi connectivity index (χ4v) is 4.59. The molecule has 0 radical (unpaired) electrons. The van der Waals surface area contributed by atoms with Gasteiger partial charge in [-0.3, -0.25) is 24.0 Å². The molecule has 0 aliphatic rings. The van der Waals surface area contributed by atoms with E-state index >= 15 is 0 Å². The van der Waals surface area contributed by atoms with Crippen LogP contribution in [0.4, 0.5) is 0 Å². The summed E-state index contributed by atoms with van der Waals surface area (Å²) in [5.74, 6) is -2.40. The Balaban J connectivity index is 1.52. The maximum Gasteiger partial charge on any atom is 0.325 e.